The molecule has 2 nitrogen and oxygen atoms in total. The van der Waals surface area contributed by atoms with Gasteiger partial charge in [-0.1, -0.05) is 0 Å². The summed E-state index contributed by atoms with van der Waals surface area (Å²) in [6.07, 6.45) is 2.12. The van der Waals surface area contributed by atoms with Crippen LogP contribution in [-0.2, 0) is 0 Å². The Morgan fingerprint density at radius 1 is 1.06 bits per heavy atom. The average molecular weight is 228 g/mol. The number of hydrogen-bond acceptors (Lipinski definition) is 1. The second-order valence-corrected chi connectivity index (χ2v) is 3.77. The van der Waals surface area contributed by atoms with Gasteiger partial charge in [-0.2, -0.15) is 0 Å². The van der Waals surface area contributed by atoms with Gasteiger partial charge in [-0.05, 0) is 12.8 Å². The standard InChI is InChI=1S/C11H11F3N2/c12-7-5-8(13)11(9(14)6-7)16-4-2-1-3-10(16)15/h5-6,15H,1-4H2. The Hall–Kier alpha value is -1.52. The molecule has 0 aromatic heterocycles. The third-order valence-corrected chi connectivity index (χ3v) is 2.62. The summed E-state index contributed by atoms with van der Waals surface area (Å²) in [5.41, 5.74) is -0.314. The lowest BCUT2D eigenvalue weighted by Gasteiger charge is -2.29. The van der Waals surface area contributed by atoms with Crippen LogP contribution in [0.15, 0.2) is 12.1 Å². The Morgan fingerprint density at radius 3 is 2.25 bits per heavy atom. The Bertz CT molecular complexity index is 408. The van der Waals surface area contributed by atoms with Gasteiger partial charge in [0, 0.05) is 25.1 Å². The van der Waals surface area contributed by atoms with Gasteiger partial charge in [0.2, 0.25) is 0 Å². The maximum Gasteiger partial charge on any atom is 0.152 e. The highest BCUT2D eigenvalue weighted by Gasteiger charge is 2.23. The van der Waals surface area contributed by atoms with Gasteiger partial charge >= 0.3 is 0 Å². The second kappa shape index (κ2) is 4.15. The number of nitrogens with one attached hydrogen (secondary N) is 1. The summed E-state index contributed by atoms with van der Waals surface area (Å²) in [4.78, 5) is 1.27. The molecule has 0 saturated carbocycles. The first-order valence-corrected chi connectivity index (χ1v) is 5.09. The van der Waals surface area contributed by atoms with Crippen molar-refractivity contribution in [2.45, 2.75) is 19.3 Å². The molecule has 1 aromatic carbocycles. The summed E-state index contributed by atoms with van der Waals surface area (Å²) >= 11 is 0. The number of benzene rings is 1. The smallest absolute Gasteiger partial charge is 0.152 e. The van der Waals surface area contributed by atoms with E-state index in [0.717, 1.165) is 12.8 Å². The molecule has 0 amide bonds. The molecule has 1 aromatic rings. The number of amidine groups is 1. The van der Waals surface area contributed by atoms with Crippen LogP contribution in [0.5, 0.6) is 0 Å². The molecule has 0 unspecified atom stereocenters. The van der Waals surface area contributed by atoms with Gasteiger partial charge in [0.05, 0.1) is 0 Å². The molecule has 1 N–H and O–H groups in total. The van der Waals surface area contributed by atoms with Crippen LogP contribution in [0.4, 0.5) is 18.9 Å². The number of rotatable bonds is 1. The highest BCUT2D eigenvalue weighted by Crippen LogP contribution is 2.27. The summed E-state index contributed by atoms with van der Waals surface area (Å²) in [5.74, 6) is -2.67. The summed E-state index contributed by atoms with van der Waals surface area (Å²) in [7, 11) is 0. The molecule has 1 saturated heterocycles. The van der Waals surface area contributed by atoms with Crippen molar-refractivity contribution >= 4 is 11.5 Å². The number of anilines is 1. The molecular formula is C11H11F3N2. The molecule has 16 heavy (non-hydrogen) atoms. The lowest BCUT2D eigenvalue weighted by Crippen LogP contribution is -2.36. The number of hydrogen-bond donors (Lipinski definition) is 1. The Balaban J connectivity index is 2.42. The van der Waals surface area contributed by atoms with Gasteiger partial charge in [-0.3, -0.25) is 5.41 Å². The molecule has 0 atom stereocenters. The number of nitrogens with zero attached hydrogens (tertiary/aromatic N) is 1. The van der Waals surface area contributed by atoms with Crippen molar-refractivity contribution in [1.82, 2.24) is 0 Å². The van der Waals surface area contributed by atoms with E-state index in [0.29, 0.717) is 25.1 Å². The minimum absolute atomic E-state index is 0.177. The number of halogens is 3. The minimum Gasteiger partial charge on any atom is -0.325 e. The van der Waals surface area contributed by atoms with E-state index in [9.17, 15) is 13.2 Å². The fourth-order valence-electron chi connectivity index (χ4n) is 1.87. The zero-order valence-corrected chi connectivity index (χ0v) is 8.56. The zero-order chi connectivity index (χ0) is 11.7. The lowest BCUT2D eigenvalue weighted by molar-refractivity contribution is 0.539. The molecule has 0 bridgehead atoms. The largest absolute Gasteiger partial charge is 0.325 e. The van der Waals surface area contributed by atoms with Gasteiger partial charge in [0.1, 0.15) is 17.3 Å². The first kappa shape index (κ1) is 11.0. The van der Waals surface area contributed by atoms with Crippen molar-refractivity contribution < 1.29 is 13.2 Å². The zero-order valence-electron chi connectivity index (χ0n) is 8.56. The SMILES string of the molecule is N=C1CCCCN1c1c(F)cc(F)cc1F. The molecular weight excluding hydrogens is 217 g/mol. The van der Waals surface area contributed by atoms with Gasteiger partial charge in [-0.25, -0.2) is 13.2 Å². The van der Waals surface area contributed by atoms with E-state index in [1.54, 1.807) is 0 Å². The van der Waals surface area contributed by atoms with E-state index < -0.39 is 17.5 Å². The Labute approximate surface area is 91.2 Å². The van der Waals surface area contributed by atoms with Crippen LogP contribution in [0.1, 0.15) is 19.3 Å². The Morgan fingerprint density at radius 2 is 1.69 bits per heavy atom. The number of piperidine rings is 1. The van der Waals surface area contributed by atoms with Gasteiger partial charge in [0.15, 0.2) is 11.6 Å². The highest BCUT2D eigenvalue weighted by atomic mass is 19.1. The summed E-state index contributed by atoms with van der Waals surface area (Å²) in [6.45, 7) is 0.401. The highest BCUT2D eigenvalue weighted by molar-refractivity contribution is 5.96. The molecule has 1 fully saturated rings. The van der Waals surface area contributed by atoms with E-state index in [2.05, 4.69) is 0 Å². The van der Waals surface area contributed by atoms with Crippen LogP contribution in [0, 0.1) is 22.9 Å². The van der Waals surface area contributed by atoms with E-state index in [4.69, 9.17) is 5.41 Å². The third-order valence-electron chi connectivity index (χ3n) is 2.62. The van der Waals surface area contributed by atoms with Crippen LogP contribution >= 0.6 is 0 Å². The van der Waals surface area contributed by atoms with Crippen LogP contribution in [0.25, 0.3) is 0 Å². The van der Waals surface area contributed by atoms with Crippen molar-refractivity contribution in [1.29, 1.82) is 5.41 Å². The molecule has 5 heteroatoms. The van der Waals surface area contributed by atoms with Crippen LogP contribution in [0.3, 0.4) is 0 Å². The molecule has 0 aliphatic carbocycles. The van der Waals surface area contributed by atoms with Crippen molar-refractivity contribution in [2.24, 2.45) is 0 Å². The van der Waals surface area contributed by atoms with E-state index in [1.807, 2.05) is 0 Å². The van der Waals surface area contributed by atoms with Crippen molar-refractivity contribution in [2.75, 3.05) is 11.4 Å². The van der Waals surface area contributed by atoms with Crippen molar-refractivity contribution in [3.05, 3.63) is 29.6 Å². The van der Waals surface area contributed by atoms with Gasteiger partial charge < -0.3 is 4.90 Å². The predicted molar refractivity (Wildman–Crippen MR) is 55.2 cm³/mol. The van der Waals surface area contributed by atoms with E-state index in [-0.39, 0.29) is 11.5 Å². The Kier molecular flexibility index (Phi) is 2.85. The first-order chi connectivity index (χ1) is 7.59. The molecule has 1 aliphatic rings. The van der Waals surface area contributed by atoms with E-state index in [1.165, 1.54) is 4.90 Å². The lowest BCUT2D eigenvalue weighted by atomic mass is 10.1. The maximum absolute atomic E-state index is 13.5. The fourth-order valence-corrected chi connectivity index (χ4v) is 1.87. The van der Waals surface area contributed by atoms with Crippen molar-refractivity contribution in [3.63, 3.8) is 0 Å². The monoisotopic (exact) mass is 228 g/mol. The average Bonchev–Trinajstić information content (AvgIpc) is 2.19. The predicted octanol–water partition coefficient (Wildman–Crippen LogP) is 3.07. The van der Waals surface area contributed by atoms with Gasteiger partial charge in [-0.15, -0.1) is 0 Å². The van der Waals surface area contributed by atoms with Crippen LogP contribution < -0.4 is 4.90 Å². The summed E-state index contributed by atoms with van der Waals surface area (Å²) in [5, 5.41) is 7.63. The quantitative estimate of drug-likeness (QED) is 0.785. The van der Waals surface area contributed by atoms with Gasteiger partial charge in [0.25, 0.3) is 0 Å². The third kappa shape index (κ3) is 1.89. The van der Waals surface area contributed by atoms with Crippen molar-refractivity contribution in [3.8, 4) is 0 Å². The molecule has 1 heterocycles. The fraction of sp³-hybridized carbons (Fsp3) is 0.364. The first-order valence-electron chi connectivity index (χ1n) is 5.09. The maximum atomic E-state index is 13.5. The molecule has 0 spiro atoms. The summed E-state index contributed by atoms with van der Waals surface area (Å²) in [6, 6.07) is 1.28. The normalized spacial score (nSPS) is 16.7. The summed E-state index contributed by atoms with van der Waals surface area (Å²) < 4.78 is 39.6. The molecule has 86 valence electrons. The minimum atomic E-state index is -0.954. The topological polar surface area (TPSA) is 27.1 Å². The van der Waals surface area contributed by atoms with E-state index >= 15 is 0 Å². The molecule has 0 radical (unpaired) electrons. The molecule has 1 aliphatic heterocycles. The van der Waals surface area contributed by atoms with Crippen LogP contribution in [-0.4, -0.2) is 12.4 Å². The second-order valence-electron chi connectivity index (χ2n) is 3.77. The van der Waals surface area contributed by atoms with Crippen LogP contribution in [0.2, 0.25) is 0 Å². The molecule has 2 rings (SSSR count).